The molecule has 1 aromatic carbocycles. The van der Waals surface area contributed by atoms with E-state index >= 15 is 0 Å². The van der Waals surface area contributed by atoms with Gasteiger partial charge in [0.05, 0.1) is 18.1 Å². The van der Waals surface area contributed by atoms with Crippen LogP contribution in [-0.2, 0) is 21.3 Å². The molecule has 3 rings (SSSR count). The molecule has 0 radical (unpaired) electrons. The Hall–Kier alpha value is -1.45. The van der Waals surface area contributed by atoms with E-state index in [0.29, 0.717) is 49.6 Å². The Morgan fingerprint density at radius 1 is 1.14 bits per heavy atom. The van der Waals surface area contributed by atoms with Gasteiger partial charge < -0.3 is 9.47 Å². The summed E-state index contributed by atoms with van der Waals surface area (Å²) in [5.74, 6) is 0.682. The molecule has 0 amide bonds. The summed E-state index contributed by atoms with van der Waals surface area (Å²) in [6.45, 7) is 10.5. The first kappa shape index (κ1) is 22.2. The summed E-state index contributed by atoms with van der Waals surface area (Å²) in [5, 5.41) is 0. The number of sulfonamides is 1. The van der Waals surface area contributed by atoms with Crippen LogP contribution >= 0.6 is 11.3 Å². The molecule has 0 atom stereocenters. The van der Waals surface area contributed by atoms with Gasteiger partial charge in [0.15, 0.2) is 0 Å². The van der Waals surface area contributed by atoms with E-state index in [-0.39, 0.29) is 0 Å². The van der Waals surface area contributed by atoms with Crippen molar-refractivity contribution in [3.8, 4) is 5.75 Å². The van der Waals surface area contributed by atoms with E-state index in [4.69, 9.17) is 9.47 Å². The summed E-state index contributed by atoms with van der Waals surface area (Å²) in [6, 6.07) is 11.5. The van der Waals surface area contributed by atoms with Gasteiger partial charge in [-0.15, -0.1) is 11.3 Å². The third kappa shape index (κ3) is 6.02. The molecule has 2 heterocycles. The van der Waals surface area contributed by atoms with Crippen molar-refractivity contribution in [1.29, 1.82) is 0 Å². The van der Waals surface area contributed by atoms with Crippen LogP contribution in [0.4, 0.5) is 0 Å². The second kappa shape index (κ2) is 10.0. The monoisotopic (exact) mass is 438 g/mol. The molecule has 6 nitrogen and oxygen atoms in total. The van der Waals surface area contributed by atoms with Crippen LogP contribution in [0.25, 0.3) is 0 Å². The van der Waals surface area contributed by atoms with Gasteiger partial charge in [-0.05, 0) is 57.2 Å². The van der Waals surface area contributed by atoms with Crippen molar-refractivity contribution in [3.63, 3.8) is 0 Å². The predicted molar refractivity (Wildman–Crippen MR) is 116 cm³/mol. The van der Waals surface area contributed by atoms with Crippen LogP contribution < -0.4 is 4.74 Å². The van der Waals surface area contributed by atoms with E-state index in [0.717, 1.165) is 13.1 Å². The average Bonchev–Trinajstić information content (AvgIpc) is 3.13. The van der Waals surface area contributed by atoms with Crippen molar-refractivity contribution in [2.75, 3.05) is 39.5 Å². The molecule has 29 heavy (non-hydrogen) atoms. The maximum absolute atomic E-state index is 12.7. The Labute approximate surface area is 178 Å². The van der Waals surface area contributed by atoms with Gasteiger partial charge in [0.1, 0.15) is 12.4 Å². The van der Waals surface area contributed by atoms with E-state index < -0.39 is 10.0 Å². The Bertz CT molecular complexity index is 872. The summed E-state index contributed by atoms with van der Waals surface area (Å²) >= 11 is 1.83. The molecule has 1 aliphatic heterocycles. The molecular weight excluding hydrogens is 408 g/mol. The second-order valence-electron chi connectivity index (χ2n) is 7.41. The molecule has 0 bridgehead atoms. The minimum atomic E-state index is -3.47. The van der Waals surface area contributed by atoms with Gasteiger partial charge in [-0.2, -0.15) is 4.31 Å². The first-order valence-corrected chi connectivity index (χ1v) is 12.2. The zero-order valence-corrected chi connectivity index (χ0v) is 19.0. The van der Waals surface area contributed by atoms with Gasteiger partial charge in [0.2, 0.25) is 10.0 Å². The summed E-state index contributed by atoms with van der Waals surface area (Å²) in [4.78, 5) is 5.35. The minimum absolute atomic E-state index is 0.295. The van der Waals surface area contributed by atoms with Crippen molar-refractivity contribution in [1.82, 2.24) is 9.21 Å². The fourth-order valence-corrected chi connectivity index (χ4v) is 5.54. The molecule has 160 valence electrons. The Balaban J connectivity index is 1.54. The number of hydrogen-bond donors (Lipinski definition) is 0. The van der Waals surface area contributed by atoms with Gasteiger partial charge in [-0.25, -0.2) is 8.42 Å². The Morgan fingerprint density at radius 3 is 2.41 bits per heavy atom. The molecular formula is C21H30N2O4S2. The van der Waals surface area contributed by atoms with E-state index in [2.05, 4.69) is 37.8 Å². The standard InChI is InChI=1S/C21H30N2O4S2/c1-17(2)22(16-20-7-4-18(3)28-20)10-15-27-19-5-8-21(9-6-19)29(24,25)23-11-13-26-14-12-23/h4-9,17H,10-16H2,1-3H3. The first-order valence-electron chi connectivity index (χ1n) is 9.96. The lowest BCUT2D eigenvalue weighted by atomic mass is 10.3. The van der Waals surface area contributed by atoms with Crippen molar-refractivity contribution >= 4 is 21.4 Å². The minimum Gasteiger partial charge on any atom is -0.492 e. The molecule has 1 aromatic heterocycles. The molecule has 1 saturated heterocycles. The van der Waals surface area contributed by atoms with Crippen LogP contribution in [0.1, 0.15) is 23.6 Å². The molecule has 1 aliphatic rings. The van der Waals surface area contributed by atoms with Crippen LogP contribution in [0.2, 0.25) is 0 Å². The van der Waals surface area contributed by atoms with E-state index in [9.17, 15) is 8.42 Å². The molecule has 0 aliphatic carbocycles. The highest BCUT2D eigenvalue weighted by molar-refractivity contribution is 7.89. The van der Waals surface area contributed by atoms with Gasteiger partial charge in [0, 0.05) is 42.0 Å². The number of rotatable bonds is 9. The van der Waals surface area contributed by atoms with Crippen molar-refractivity contribution < 1.29 is 17.9 Å². The van der Waals surface area contributed by atoms with Gasteiger partial charge in [-0.3, -0.25) is 4.90 Å². The summed E-state index contributed by atoms with van der Waals surface area (Å²) in [5.41, 5.74) is 0. The number of aryl methyl sites for hydroxylation is 1. The normalized spacial score (nSPS) is 15.9. The number of hydrogen-bond acceptors (Lipinski definition) is 6. The summed E-state index contributed by atoms with van der Waals surface area (Å²) in [6.07, 6.45) is 0. The van der Waals surface area contributed by atoms with Crippen LogP contribution in [-0.4, -0.2) is 63.1 Å². The molecule has 1 fully saturated rings. The fraction of sp³-hybridized carbons (Fsp3) is 0.524. The molecule has 2 aromatic rings. The van der Waals surface area contributed by atoms with E-state index in [1.54, 1.807) is 24.3 Å². The van der Waals surface area contributed by atoms with E-state index in [1.807, 2.05) is 11.3 Å². The topological polar surface area (TPSA) is 59.1 Å². The maximum Gasteiger partial charge on any atom is 0.243 e. The number of benzene rings is 1. The van der Waals surface area contributed by atoms with Crippen molar-refractivity contribution in [3.05, 3.63) is 46.2 Å². The SMILES string of the molecule is Cc1ccc(CN(CCOc2ccc(S(=O)(=O)N3CCOCC3)cc2)C(C)C)s1. The lowest BCUT2D eigenvalue weighted by molar-refractivity contribution is 0.0730. The zero-order valence-electron chi connectivity index (χ0n) is 17.3. The van der Waals surface area contributed by atoms with Crippen molar-refractivity contribution in [2.24, 2.45) is 0 Å². The number of morpholine rings is 1. The average molecular weight is 439 g/mol. The Kier molecular flexibility index (Phi) is 7.70. The van der Waals surface area contributed by atoms with Crippen LogP contribution in [0.3, 0.4) is 0 Å². The van der Waals surface area contributed by atoms with Gasteiger partial charge >= 0.3 is 0 Å². The number of thiophene rings is 1. The first-order chi connectivity index (χ1) is 13.9. The number of nitrogens with zero attached hydrogens (tertiary/aromatic N) is 2. The summed E-state index contributed by atoms with van der Waals surface area (Å²) < 4.78 is 37.9. The molecule has 0 unspecified atom stereocenters. The third-order valence-corrected chi connectivity index (χ3v) is 7.86. The second-order valence-corrected chi connectivity index (χ2v) is 10.7. The highest BCUT2D eigenvalue weighted by atomic mass is 32.2. The van der Waals surface area contributed by atoms with Crippen molar-refractivity contribution in [2.45, 2.75) is 38.3 Å². The summed E-state index contributed by atoms with van der Waals surface area (Å²) in [7, 11) is -3.47. The van der Waals surface area contributed by atoms with Gasteiger partial charge in [0.25, 0.3) is 0 Å². The highest BCUT2D eigenvalue weighted by Gasteiger charge is 2.26. The van der Waals surface area contributed by atoms with Crippen LogP contribution in [0.15, 0.2) is 41.3 Å². The molecule has 0 N–H and O–H groups in total. The smallest absolute Gasteiger partial charge is 0.243 e. The largest absolute Gasteiger partial charge is 0.492 e. The molecule has 0 spiro atoms. The molecule has 8 heteroatoms. The lowest BCUT2D eigenvalue weighted by Gasteiger charge is -2.26. The lowest BCUT2D eigenvalue weighted by Crippen LogP contribution is -2.40. The highest BCUT2D eigenvalue weighted by Crippen LogP contribution is 2.21. The fourth-order valence-electron chi connectivity index (χ4n) is 3.21. The third-order valence-electron chi connectivity index (χ3n) is 4.96. The predicted octanol–water partition coefficient (Wildman–Crippen LogP) is 3.37. The Morgan fingerprint density at radius 2 is 1.83 bits per heavy atom. The van der Waals surface area contributed by atoms with Gasteiger partial charge in [-0.1, -0.05) is 0 Å². The van der Waals surface area contributed by atoms with Crippen LogP contribution in [0.5, 0.6) is 5.75 Å². The molecule has 0 saturated carbocycles. The van der Waals surface area contributed by atoms with E-state index in [1.165, 1.54) is 14.1 Å². The number of ether oxygens (including phenoxy) is 2. The zero-order chi connectivity index (χ0) is 20.9. The van der Waals surface area contributed by atoms with Crippen LogP contribution in [0, 0.1) is 6.92 Å². The maximum atomic E-state index is 12.7. The quantitative estimate of drug-likeness (QED) is 0.601.